The summed E-state index contributed by atoms with van der Waals surface area (Å²) in [5.74, 6) is 1.36. The summed E-state index contributed by atoms with van der Waals surface area (Å²) in [6, 6.07) is 27.9. The van der Waals surface area contributed by atoms with Gasteiger partial charge >= 0.3 is 0 Å². The number of hydrogen-bond acceptors (Lipinski definition) is 4. The van der Waals surface area contributed by atoms with Gasteiger partial charge in [-0.3, -0.25) is 4.79 Å². The molecule has 4 rings (SSSR count). The fourth-order valence-corrected chi connectivity index (χ4v) is 3.60. The molecule has 0 heterocycles. The van der Waals surface area contributed by atoms with Gasteiger partial charge in [0.05, 0.1) is 11.4 Å². The van der Waals surface area contributed by atoms with Crippen molar-refractivity contribution >= 4 is 17.3 Å². The van der Waals surface area contributed by atoms with Crippen LogP contribution in [0.2, 0.25) is 0 Å². The highest BCUT2D eigenvalue weighted by molar-refractivity contribution is 5.90. The van der Waals surface area contributed by atoms with Crippen LogP contribution in [-0.2, 0) is 18.0 Å². The smallest absolute Gasteiger partial charge is 0.221 e. The summed E-state index contributed by atoms with van der Waals surface area (Å²) in [6.07, 6.45) is 0. The molecule has 4 aromatic rings. The molecule has 0 aliphatic rings. The summed E-state index contributed by atoms with van der Waals surface area (Å²) < 4.78 is 11.6. The molecule has 192 valence electrons. The first-order valence-corrected chi connectivity index (χ1v) is 12.3. The van der Waals surface area contributed by atoms with E-state index in [-0.39, 0.29) is 5.91 Å². The van der Waals surface area contributed by atoms with Crippen LogP contribution in [0.4, 0.5) is 11.4 Å². The number of aryl methyl sites for hydroxylation is 4. The highest BCUT2D eigenvalue weighted by atomic mass is 16.5. The third-order valence-corrected chi connectivity index (χ3v) is 6.01. The predicted octanol–water partition coefficient (Wildman–Crippen LogP) is 7.31. The number of anilines is 2. The zero-order chi connectivity index (χ0) is 26.8. The molecule has 0 saturated carbocycles. The number of hydrogen-bond donors (Lipinski definition) is 2. The van der Waals surface area contributed by atoms with Gasteiger partial charge in [0.1, 0.15) is 24.7 Å². The Morgan fingerprint density at radius 2 is 1.11 bits per heavy atom. The van der Waals surface area contributed by atoms with Crippen LogP contribution < -0.4 is 20.5 Å². The largest absolute Gasteiger partial charge is 0.487 e. The van der Waals surface area contributed by atoms with Gasteiger partial charge in [-0.1, -0.05) is 60.7 Å². The van der Waals surface area contributed by atoms with E-state index < -0.39 is 0 Å². The average Bonchev–Trinajstić information content (AvgIpc) is 2.88. The Bertz CT molecular complexity index is 1320. The van der Waals surface area contributed by atoms with Crippen LogP contribution in [0, 0.1) is 27.7 Å². The SMILES string of the molecule is CC(=O)Nc1cc(C)c(C)cc1OCc1ccccc1.Cc1cc(N)c(OCc2ccccc2)cc1C. The maximum Gasteiger partial charge on any atom is 0.221 e. The Morgan fingerprint density at radius 1 is 0.676 bits per heavy atom. The molecule has 37 heavy (non-hydrogen) atoms. The predicted molar refractivity (Wildman–Crippen MR) is 152 cm³/mol. The van der Waals surface area contributed by atoms with Gasteiger partial charge < -0.3 is 20.5 Å². The summed E-state index contributed by atoms with van der Waals surface area (Å²) in [7, 11) is 0. The number of carbonyl (C=O) groups excluding carboxylic acids is 1. The molecule has 0 aromatic heterocycles. The number of benzene rings is 4. The van der Waals surface area contributed by atoms with Gasteiger partial charge in [0.25, 0.3) is 0 Å². The van der Waals surface area contributed by atoms with Crippen molar-refractivity contribution in [1.29, 1.82) is 0 Å². The standard InChI is InChI=1S/C17H19NO2.C15H17NO/c1-12-9-16(18-14(3)19)17(10-13(12)2)20-11-15-7-5-4-6-8-15;1-11-8-14(16)15(9-12(11)2)17-10-13-6-4-3-5-7-13/h4-10H,11H2,1-3H3,(H,18,19);3-9H,10,16H2,1-2H3. The van der Waals surface area contributed by atoms with E-state index in [2.05, 4.69) is 12.2 Å². The molecule has 4 aromatic carbocycles. The first-order valence-electron chi connectivity index (χ1n) is 12.3. The lowest BCUT2D eigenvalue weighted by molar-refractivity contribution is -0.114. The maximum atomic E-state index is 11.3. The summed E-state index contributed by atoms with van der Waals surface area (Å²) >= 11 is 0. The molecular weight excluding hydrogens is 460 g/mol. The van der Waals surface area contributed by atoms with Crippen molar-refractivity contribution < 1.29 is 14.3 Å². The lowest BCUT2D eigenvalue weighted by Crippen LogP contribution is -2.08. The molecule has 5 nitrogen and oxygen atoms in total. The number of amides is 1. The molecule has 3 N–H and O–H groups in total. The second kappa shape index (κ2) is 13.2. The van der Waals surface area contributed by atoms with E-state index in [1.54, 1.807) is 0 Å². The Balaban J connectivity index is 0.000000208. The Morgan fingerprint density at radius 3 is 1.62 bits per heavy atom. The van der Waals surface area contributed by atoms with Crippen molar-refractivity contribution in [3.63, 3.8) is 0 Å². The topological polar surface area (TPSA) is 73.6 Å². The van der Waals surface area contributed by atoms with Crippen molar-refractivity contribution in [2.24, 2.45) is 0 Å². The normalized spacial score (nSPS) is 10.2. The average molecular weight is 497 g/mol. The van der Waals surface area contributed by atoms with Gasteiger partial charge in [0.2, 0.25) is 5.91 Å². The lowest BCUT2D eigenvalue weighted by atomic mass is 10.1. The molecule has 0 aliphatic carbocycles. The first-order chi connectivity index (χ1) is 17.7. The van der Waals surface area contributed by atoms with E-state index in [4.69, 9.17) is 15.2 Å². The van der Waals surface area contributed by atoms with E-state index in [1.807, 2.05) is 106 Å². The van der Waals surface area contributed by atoms with Crippen LogP contribution in [-0.4, -0.2) is 5.91 Å². The van der Waals surface area contributed by atoms with Gasteiger partial charge in [-0.2, -0.15) is 0 Å². The van der Waals surface area contributed by atoms with Gasteiger partial charge in [-0.05, 0) is 85.3 Å². The number of nitrogens with two attached hydrogens (primary N) is 1. The van der Waals surface area contributed by atoms with Crippen molar-refractivity contribution in [1.82, 2.24) is 0 Å². The molecule has 1 amide bonds. The van der Waals surface area contributed by atoms with Crippen LogP contribution >= 0.6 is 0 Å². The molecule has 0 aliphatic heterocycles. The molecule has 5 heteroatoms. The third kappa shape index (κ3) is 8.43. The van der Waals surface area contributed by atoms with Crippen LogP contribution in [0.3, 0.4) is 0 Å². The summed E-state index contributed by atoms with van der Waals surface area (Å²) in [4.78, 5) is 11.3. The van der Waals surface area contributed by atoms with Crippen molar-refractivity contribution in [3.8, 4) is 11.5 Å². The molecular formula is C32H36N2O3. The van der Waals surface area contributed by atoms with Crippen LogP contribution in [0.5, 0.6) is 11.5 Å². The number of ether oxygens (including phenoxy) is 2. The van der Waals surface area contributed by atoms with E-state index in [0.717, 1.165) is 33.7 Å². The van der Waals surface area contributed by atoms with Crippen molar-refractivity contribution in [3.05, 3.63) is 118 Å². The summed E-state index contributed by atoms with van der Waals surface area (Å²) in [5, 5.41) is 2.81. The van der Waals surface area contributed by atoms with Crippen molar-refractivity contribution in [2.45, 2.75) is 47.8 Å². The van der Waals surface area contributed by atoms with Gasteiger partial charge in [-0.15, -0.1) is 0 Å². The van der Waals surface area contributed by atoms with E-state index >= 15 is 0 Å². The number of nitrogen functional groups attached to an aromatic ring is 1. The molecule has 0 saturated heterocycles. The Labute approximate surface area is 220 Å². The van der Waals surface area contributed by atoms with Gasteiger partial charge in [-0.25, -0.2) is 0 Å². The highest BCUT2D eigenvalue weighted by Crippen LogP contribution is 2.29. The van der Waals surface area contributed by atoms with Crippen LogP contribution in [0.25, 0.3) is 0 Å². The highest BCUT2D eigenvalue weighted by Gasteiger charge is 2.09. The van der Waals surface area contributed by atoms with Gasteiger partial charge in [0.15, 0.2) is 0 Å². The Hall–Kier alpha value is -4.25. The zero-order valence-electron chi connectivity index (χ0n) is 22.3. The number of carbonyl (C=O) groups is 1. The number of rotatable bonds is 7. The quantitative estimate of drug-likeness (QED) is 0.263. The van der Waals surface area contributed by atoms with Gasteiger partial charge in [0, 0.05) is 6.92 Å². The molecule has 0 atom stereocenters. The summed E-state index contributed by atoms with van der Waals surface area (Å²) in [5.41, 5.74) is 14.2. The molecule has 0 unspecified atom stereocenters. The molecule has 0 bridgehead atoms. The lowest BCUT2D eigenvalue weighted by Gasteiger charge is -2.14. The van der Waals surface area contributed by atoms with E-state index in [0.29, 0.717) is 24.7 Å². The first kappa shape index (κ1) is 27.3. The molecule has 0 radical (unpaired) electrons. The van der Waals surface area contributed by atoms with E-state index in [9.17, 15) is 4.79 Å². The second-order valence-corrected chi connectivity index (χ2v) is 9.14. The third-order valence-electron chi connectivity index (χ3n) is 6.01. The molecule has 0 spiro atoms. The van der Waals surface area contributed by atoms with Crippen molar-refractivity contribution in [2.75, 3.05) is 11.1 Å². The zero-order valence-corrected chi connectivity index (χ0v) is 22.3. The van der Waals surface area contributed by atoms with E-state index in [1.165, 1.54) is 18.1 Å². The minimum atomic E-state index is -0.0992. The second-order valence-electron chi connectivity index (χ2n) is 9.14. The fourth-order valence-electron chi connectivity index (χ4n) is 3.60. The maximum absolute atomic E-state index is 11.3. The molecule has 0 fully saturated rings. The minimum Gasteiger partial charge on any atom is -0.487 e. The summed E-state index contributed by atoms with van der Waals surface area (Å²) in [6.45, 7) is 10.7. The van der Waals surface area contributed by atoms with Crippen LogP contribution in [0.1, 0.15) is 40.3 Å². The Kier molecular flexibility index (Phi) is 9.73. The minimum absolute atomic E-state index is 0.0992. The monoisotopic (exact) mass is 496 g/mol. The fraction of sp³-hybridized carbons (Fsp3) is 0.219. The number of nitrogens with one attached hydrogen (secondary N) is 1. The van der Waals surface area contributed by atoms with Crippen LogP contribution in [0.15, 0.2) is 84.9 Å².